The molecule has 7 heteroatoms. The molecule has 4 atom stereocenters. The maximum atomic E-state index is 12.5. The van der Waals surface area contributed by atoms with Gasteiger partial charge in [-0.2, -0.15) is 0 Å². The van der Waals surface area contributed by atoms with Crippen LogP contribution in [0.25, 0.3) is 6.08 Å². The van der Waals surface area contributed by atoms with Crippen molar-refractivity contribution in [1.29, 1.82) is 0 Å². The van der Waals surface area contributed by atoms with E-state index in [-0.39, 0.29) is 11.9 Å². The van der Waals surface area contributed by atoms with Crippen molar-refractivity contribution in [1.82, 2.24) is 5.32 Å². The minimum absolute atomic E-state index is 0.122. The van der Waals surface area contributed by atoms with Gasteiger partial charge < -0.3 is 24.3 Å². The zero-order valence-corrected chi connectivity index (χ0v) is 18.7. The predicted molar refractivity (Wildman–Crippen MR) is 115 cm³/mol. The minimum Gasteiger partial charge on any atom is -0.493 e. The predicted octanol–water partition coefficient (Wildman–Crippen LogP) is 3.60. The minimum atomic E-state index is -0.869. The molecule has 0 radical (unpaired) electrons. The maximum absolute atomic E-state index is 12.5. The van der Waals surface area contributed by atoms with Gasteiger partial charge in [0.1, 0.15) is 0 Å². The number of hydrogen-bond acceptors (Lipinski definition) is 6. The Bertz CT molecular complexity index is 750. The van der Waals surface area contributed by atoms with E-state index >= 15 is 0 Å². The molecule has 0 unspecified atom stereocenters. The highest BCUT2D eigenvalue weighted by atomic mass is 16.5. The Balaban J connectivity index is 1.97. The van der Waals surface area contributed by atoms with Crippen molar-refractivity contribution in [3.63, 3.8) is 0 Å². The Morgan fingerprint density at radius 3 is 2.27 bits per heavy atom. The van der Waals surface area contributed by atoms with E-state index in [1.54, 1.807) is 25.1 Å². The summed E-state index contributed by atoms with van der Waals surface area (Å²) in [5.74, 6) is 1.54. The number of benzene rings is 1. The molecule has 0 bridgehead atoms. The lowest BCUT2D eigenvalue weighted by atomic mass is 9.78. The van der Waals surface area contributed by atoms with Gasteiger partial charge in [-0.1, -0.05) is 26.7 Å². The van der Waals surface area contributed by atoms with Crippen LogP contribution < -0.4 is 19.5 Å². The van der Waals surface area contributed by atoms with Crippen molar-refractivity contribution in [3.8, 4) is 17.2 Å². The van der Waals surface area contributed by atoms with Crippen molar-refractivity contribution in [2.45, 2.75) is 52.2 Å². The molecule has 0 saturated heterocycles. The van der Waals surface area contributed by atoms with Crippen LogP contribution in [-0.4, -0.2) is 45.4 Å². The number of nitrogens with one attached hydrogen (secondary N) is 1. The number of rotatable bonds is 8. The van der Waals surface area contributed by atoms with Gasteiger partial charge in [0.25, 0.3) is 5.91 Å². The summed E-state index contributed by atoms with van der Waals surface area (Å²) in [4.78, 5) is 24.6. The van der Waals surface area contributed by atoms with Crippen LogP contribution in [0.3, 0.4) is 0 Å². The normalized spacial score (nSPS) is 22.3. The molecule has 1 aliphatic rings. The molecule has 1 saturated carbocycles. The molecule has 1 amide bonds. The molecule has 166 valence electrons. The fourth-order valence-corrected chi connectivity index (χ4v) is 3.71. The first kappa shape index (κ1) is 23.6. The second-order valence-corrected chi connectivity index (χ2v) is 7.75. The Kier molecular flexibility index (Phi) is 8.57. The summed E-state index contributed by atoms with van der Waals surface area (Å²) >= 11 is 0. The van der Waals surface area contributed by atoms with E-state index in [9.17, 15) is 9.59 Å². The van der Waals surface area contributed by atoms with Crippen LogP contribution in [0.15, 0.2) is 18.2 Å². The molecule has 1 aromatic rings. The van der Waals surface area contributed by atoms with Gasteiger partial charge in [-0.25, -0.2) is 4.79 Å². The van der Waals surface area contributed by atoms with E-state index in [2.05, 4.69) is 19.2 Å². The monoisotopic (exact) mass is 419 g/mol. The van der Waals surface area contributed by atoms with Crippen molar-refractivity contribution in [3.05, 3.63) is 23.8 Å². The molecule has 1 aliphatic carbocycles. The summed E-state index contributed by atoms with van der Waals surface area (Å²) in [7, 11) is 4.56. The molecule has 1 aromatic carbocycles. The number of methoxy groups -OCH3 is 3. The van der Waals surface area contributed by atoms with Crippen molar-refractivity contribution < 1.29 is 28.5 Å². The molecule has 1 fully saturated rings. The number of ether oxygens (including phenoxy) is 4. The van der Waals surface area contributed by atoms with Gasteiger partial charge in [0.05, 0.1) is 21.3 Å². The van der Waals surface area contributed by atoms with Crippen LogP contribution >= 0.6 is 0 Å². The van der Waals surface area contributed by atoms with E-state index < -0.39 is 12.1 Å². The molecule has 0 aliphatic heterocycles. The van der Waals surface area contributed by atoms with E-state index in [1.807, 2.05) is 0 Å². The summed E-state index contributed by atoms with van der Waals surface area (Å²) in [5, 5.41) is 3.03. The third kappa shape index (κ3) is 5.90. The lowest BCUT2D eigenvalue weighted by Gasteiger charge is -2.35. The summed E-state index contributed by atoms with van der Waals surface area (Å²) in [6.45, 7) is 5.95. The van der Waals surface area contributed by atoms with Crippen molar-refractivity contribution in [2.75, 3.05) is 21.3 Å². The summed E-state index contributed by atoms with van der Waals surface area (Å²) in [6.07, 6.45) is 5.22. The van der Waals surface area contributed by atoms with Crippen molar-refractivity contribution >= 4 is 18.0 Å². The number of hydrogen-bond donors (Lipinski definition) is 1. The quantitative estimate of drug-likeness (QED) is 0.512. The van der Waals surface area contributed by atoms with E-state index in [0.29, 0.717) is 34.6 Å². The van der Waals surface area contributed by atoms with Gasteiger partial charge in [0.2, 0.25) is 5.75 Å². The van der Waals surface area contributed by atoms with E-state index in [1.165, 1.54) is 33.8 Å². The first-order valence-electron chi connectivity index (χ1n) is 10.3. The zero-order chi connectivity index (χ0) is 22.3. The Morgan fingerprint density at radius 2 is 1.70 bits per heavy atom. The molecule has 2 rings (SSSR count). The molecule has 7 nitrogen and oxygen atoms in total. The van der Waals surface area contributed by atoms with Gasteiger partial charge in [0.15, 0.2) is 17.6 Å². The SMILES string of the molecule is COc1cc(/C=C/C(=O)O[C@H](C)C(=O)N[C@@H]2CCC[C@@H](C)[C@H]2C)cc(OC)c1OC. The Morgan fingerprint density at radius 1 is 1.07 bits per heavy atom. The molecule has 1 N–H and O–H groups in total. The Labute approximate surface area is 178 Å². The fourth-order valence-electron chi connectivity index (χ4n) is 3.71. The van der Waals surface area contributed by atoms with Gasteiger partial charge in [-0.05, 0) is 49.0 Å². The molecular formula is C23H33NO6. The summed E-state index contributed by atoms with van der Waals surface area (Å²) in [5.41, 5.74) is 0.670. The second kappa shape index (κ2) is 10.9. The number of esters is 1. The van der Waals surface area contributed by atoms with Crippen LogP contribution in [0.5, 0.6) is 17.2 Å². The third-order valence-electron chi connectivity index (χ3n) is 5.80. The smallest absolute Gasteiger partial charge is 0.331 e. The molecule has 0 aromatic heterocycles. The average Bonchev–Trinajstić information content (AvgIpc) is 2.74. The van der Waals surface area contributed by atoms with Crippen molar-refractivity contribution in [2.24, 2.45) is 11.8 Å². The summed E-state index contributed by atoms with van der Waals surface area (Å²) < 4.78 is 21.2. The van der Waals surface area contributed by atoms with E-state index in [4.69, 9.17) is 18.9 Å². The highest BCUT2D eigenvalue weighted by Crippen LogP contribution is 2.38. The highest BCUT2D eigenvalue weighted by Gasteiger charge is 2.29. The van der Waals surface area contributed by atoms with Gasteiger partial charge in [-0.15, -0.1) is 0 Å². The first-order chi connectivity index (χ1) is 14.3. The number of carbonyl (C=O) groups is 2. The van der Waals surface area contributed by atoms with E-state index in [0.717, 1.165) is 12.8 Å². The van der Waals surface area contributed by atoms with Crippen LogP contribution in [-0.2, 0) is 14.3 Å². The largest absolute Gasteiger partial charge is 0.493 e. The lowest BCUT2D eigenvalue weighted by molar-refractivity contribution is -0.150. The summed E-state index contributed by atoms with van der Waals surface area (Å²) in [6, 6.07) is 3.55. The third-order valence-corrected chi connectivity index (χ3v) is 5.80. The maximum Gasteiger partial charge on any atom is 0.331 e. The molecule has 30 heavy (non-hydrogen) atoms. The number of carbonyl (C=O) groups excluding carboxylic acids is 2. The van der Waals surface area contributed by atoms with Gasteiger partial charge in [-0.3, -0.25) is 4.79 Å². The van der Waals surface area contributed by atoms with Crippen LogP contribution in [0.2, 0.25) is 0 Å². The second-order valence-electron chi connectivity index (χ2n) is 7.75. The Hall–Kier alpha value is -2.70. The molecular weight excluding hydrogens is 386 g/mol. The average molecular weight is 420 g/mol. The van der Waals surface area contributed by atoms with Crippen LogP contribution in [0.1, 0.15) is 45.6 Å². The van der Waals surface area contributed by atoms with Crippen LogP contribution in [0, 0.1) is 11.8 Å². The fraction of sp³-hybridized carbons (Fsp3) is 0.565. The standard InChI is InChI=1S/C23H33NO6/c1-14-8-7-9-18(15(14)2)24-23(26)16(3)30-21(25)11-10-17-12-19(27-4)22(29-6)20(13-17)28-5/h10-16,18H,7-9H2,1-6H3,(H,24,26)/b11-10+/t14-,15-,16-,18-/m1/s1. The highest BCUT2D eigenvalue weighted by molar-refractivity contribution is 5.90. The first-order valence-corrected chi connectivity index (χ1v) is 10.3. The molecule has 0 heterocycles. The molecule has 0 spiro atoms. The number of amides is 1. The van der Waals surface area contributed by atoms with Crippen LogP contribution in [0.4, 0.5) is 0 Å². The van der Waals surface area contributed by atoms with Gasteiger partial charge >= 0.3 is 5.97 Å². The lowest BCUT2D eigenvalue weighted by Crippen LogP contribution is -2.47. The zero-order valence-electron chi connectivity index (χ0n) is 18.7. The topological polar surface area (TPSA) is 83.1 Å². The van der Waals surface area contributed by atoms with Gasteiger partial charge in [0, 0.05) is 12.1 Å².